The van der Waals surface area contributed by atoms with Crippen LogP contribution in [-0.4, -0.2) is 52.2 Å². The van der Waals surface area contributed by atoms with E-state index in [-0.39, 0.29) is 24.0 Å². The van der Waals surface area contributed by atoms with Crippen LogP contribution in [0.2, 0.25) is 18.1 Å². The highest BCUT2D eigenvalue weighted by Crippen LogP contribution is 2.38. The van der Waals surface area contributed by atoms with Crippen molar-refractivity contribution in [2.24, 2.45) is 0 Å². The quantitative estimate of drug-likeness (QED) is 0.108. The van der Waals surface area contributed by atoms with E-state index in [1.807, 2.05) is 36.4 Å². The van der Waals surface area contributed by atoms with Gasteiger partial charge in [-0.3, -0.25) is 0 Å². The Balaban J connectivity index is 2.60. The van der Waals surface area contributed by atoms with Gasteiger partial charge in [0.15, 0.2) is 8.32 Å². The maximum atomic E-state index is 10.5. The molecule has 0 fully saturated rings. The number of aliphatic hydroxyl groups excluding tert-OH is 1. The summed E-state index contributed by atoms with van der Waals surface area (Å²) in [5.41, 5.74) is 1.18. The summed E-state index contributed by atoms with van der Waals surface area (Å²) < 4.78 is 23.6. The van der Waals surface area contributed by atoms with Gasteiger partial charge in [0.1, 0.15) is 12.9 Å². The van der Waals surface area contributed by atoms with Crippen molar-refractivity contribution in [2.75, 3.05) is 20.5 Å². The van der Waals surface area contributed by atoms with Gasteiger partial charge in [-0.2, -0.15) is 0 Å². The number of benzene rings is 1. The first-order chi connectivity index (χ1) is 16.1. The van der Waals surface area contributed by atoms with E-state index in [1.165, 1.54) is 5.56 Å². The Labute approximate surface area is 209 Å². The summed E-state index contributed by atoms with van der Waals surface area (Å²) in [5, 5.41) is 10.6. The van der Waals surface area contributed by atoms with Crippen molar-refractivity contribution in [3.8, 4) is 0 Å². The fourth-order valence-corrected chi connectivity index (χ4v) is 4.58. The number of unbranched alkanes of at least 4 members (excludes halogenated alkanes) is 1. The van der Waals surface area contributed by atoms with Crippen LogP contribution in [0.4, 0.5) is 0 Å². The van der Waals surface area contributed by atoms with Crippen molar-refractivity contribution in [1.29, 1.82) is 0 Å². The number of methoxy groups -OCH3 is 1. The summed E-state index contributed by atoms with van der Waals surface area (Å²) in [4.78, 5) is 0. The van der Waals surface area contributed by atoms with Gasteiger partial charge in [-0.25, -0.2) is 0 Å². The molecule has 6 heteroatoms. The van der Waals surface area contributed by atoms with Crippen LogP contribution in [0.25, 0.3) is 0 Å². The minimum atomic E-state index is -2.00. The Bertz CT molecular complexity index is 684. The van der Waals surface area contributed by atoms with E-state index in [4.69, 9.17) is 18.6 Å². The first kappa shape index (κ1) is 30.7. The van der Waals surface area contributed by atoms with E-state index in [0.717, 1.165) is 25.7 Å². The summed E-state index contributed by atoms with van der Waals surface area (Å²) in [6.07, 6.45) is 8.88. The molecule has 1 rings (SSSR count). The van der Waals surface area contributed by atoms with E-state index >= 15 is 0 Å². The van der Waals surface area contributed by atoms with Crippen LogP contribution in [0.5, 0.6) is 0 Å². The lowest BCUT2D eigenvalue weighted by molar-refractivity contribution is -0.0912. The zero-order valence-corrected chi connectivity index (χ0v) is 23.3. The van der Waals surface area contributed by atoms with Gasteiger partial charge in [0.2, 0.25) is 0 Å². The molecule has 0 aromatic heterocycles. The molecule has 0 aliphatic carbocycles. The largest absolute Gasteiger partial charge is 0.411 e. The normalized spacial score (nSPS) is 15.4. The lowest BCUT2D eigenvalue weighted by Gasteiger charge is -2.41. The zero-order chi connectivity index (χ0) is 25.5. The molecule has 0 aliphatic rings. The molecule has 0 amide bonds. The summed E-state index contributed by atoms with van der Waals surface area (Å²) >= 11 is 0. The third-order valence-corrected chi connectivity index (χ3v) is 10.8. The second-order valence-electron chi connectivity index (χ2n) is 10.3. The molecule has 0 aliphatic heterocycles. The molecule has 0 unspecified atom stereocenters. The number of hydrogen-bond donors (Lipinski definition) is 1. The highest BCUT2D eigenvalue weighted by Gasteiger charge is 2.40. The number of rotatable bonds is 18. The van der Waals surface area contributed by atoms with Crippen LogP contribution >= 0.6 is 0 Å². The van der Waals surface area contributed by atoms with Gasteiger partial charge in [-0.15, -0.1) is 6.58 Å². The average molecular weight is 493 g/mol. The van der Waals surface area contributed by atoms with Crippen molar-refractivity contribution in [2.45, 2.75) is 95.9 Å². The molecular weight excluding hydrogens is 444 g/mol. The molecule has 5 nitrogen and oxygen atoms in total. The van der Waals surface area contributed by atoms with Crippen LogP contribution in [0.1, 0.15) is 58.4 Å². The average Bonchev–Trinajstić information content (AvgIpc) is 2.79. The third-order valence-electron chi connectivity index (χ3n) is 6.33. The van der Waals surface area contributed by atoms with Crippen LogP contribution in [0.15, 0.2) is 55.1 Å². The van der Waals surface area contributed by atoms with Gasteiger partial charge >= 0.3 is 0 Å². The molecule has 0 heterocycles. The number of hydrogen-bond acceptors (Lipinski definition) is 5. The van der Waals surface area contributed by atoms with Crippen molar-refractivity contribution < 1.29 is 23.7 Å². The van der Waals surface area contributed by atoms with E-state index < -0.39 is 14.4 Å². The Morgan fingerprint density at radius 2 is 1.76 bits per heavy atom. The fourth-order valence-electron chi connectivity index (χ4n) is 3.22. The smallest absolute Gasteiger partial charge is 0.192 e. The summed E-state index contributed by atoms with van der Waals surface area (Å²) in [6, 6.07) is 10.2. The molecule has 1 aromatic rings. The number of ether oxygens (including phenoxy) is 3. The molecule has 0 saturated heterocycles. The van der Waals surface area contributed by atoms with Gasteiger partial charge in [-0.1, -0.05) is 69.3 Å². The van der Waals surface area contributed by atoms with Crippen LogP contribution in [-0.2, 0) is 25.2 Å². The van der Waals surface area contributed by atoms with Crippen molar-refractivity contribution in [1.82, 2.24) is 0 Å². The van der Waals surface area contributed by atoms with E-state index in [9.17, 15) is 5.11 Å². The number of aliphatic hydroxyl groups is 1. The minimum Gasteiger partial charge on any atom is -0.411 e. The molecule has 0 spiro atoms. The van der Waals surface area contributed by atoms with Crippen molar-refractivity contribution in [3.05, 3.63) is 60.7 Å². The molecule has 0 saturated carbocycles. The number of allylic oxidation sites excluding steroid dienone is 1. The van der Waals surface area contributed by atoms with Crippen molar-refractivity contribution >= 4 is 8.32 Å². The molecule has 0 radical (unpaired) electrons. The second kappa shape index (κ2) is 16.4. The summed E-state index contributed by atoms with van der Waals surface area (Å²) in [6.45, 7) is 16.6. The predicted molar refractivity (Wildman–Crippen MR) is 143 cm³/mol. The van der Waals surface area contributed by atoms with Crippen LogP contribution < -0.4 is 0 Å². The topological polar surface area (TPSA) is 57.2 Å². The van der Waals surface area contributed by atoms with Gasteiger partial charge < -0.3 is 23.7 Å². The van der Waals surface area contributed by atoms with Crippen LogP contribution in [0.3, 0.4) is 0 Å². The second-order valence-corrected chi connectivity index (χ2v) is 15.1. The highest BCUT2D eigenvalue weighted by molar-refractivity contribution is 6.74. The Hall–Kier alpha value is -1.28. The molecular formula is C28H48O5Si. The Kier molecular flexibility index (Phi) is 14.8. The highest BCUT2D eigenvalue weighted by atomic mass is 28.4. The standard InChI is InChI=1S/C28H48O5Si/c1-8-9-18-27(33-34(6,7)28(2,3)4)26(32-23-30-5)20-19-25(29)17-13-14-21-31-22-24-15-11-10-12-16-24/h8,10-12,15-16,19-20,25-27,29H,1,9,13-14,17-18,21-23H2,2-7H3/b20-19+/t25-,26-,27-/m0/s1. The summed E-state index contributed by atoms with van der Waals surface area (Å²) in [5.74, 6) is 0. The maximum Gasteiger partial charge on any atom is 0.192 e. The molecule has 1 aromatic carbocycles. The van der Waals surface area contributed by atoms with Gasteiger partial charge in [0, 0.05) is 13.7 Å². The summed E-state index contributed by atoms with van der Waals surface area (Å²) in [7, 11) is -0.386. The molecule has 194 valence electrons. The van der Waals surface area contributed by atoms with E-state index in [1.54, 1.807) is 7.11 Å². The first-order valence-corrected chi connectivity index (χ1v) is 15.4. The maximum absolute atomic E-state index is 10.5. The monoisotopic (exact) mass is 492 g/mol. The predicted octanol–water partition coefficient (Wildman–Crippen LogP) is 6.64. The SMILES string of the molecule is C=CCC[C@H](O[Si](C)(C)C(C)(C)C)[C@H](/C=C/[C@@H](O)CCCCOCc1ccccc1)OCOC. The minimum absolute atomic E-state index is 0.0943. The van der Waals surface area contributed by atoms with Gasteiger partial charge in [-0.05, 0) is 55.8 Å². The van der Waals surface area contributed by atoms with E-state index in [2.05, 4.69) is 52.6 Å². The van der Waals surface area contributed by atoms with E-state index in [0.29, 0.717) is 19.6 Å². The van der Waals surface area contributed by atoms with Crippen LogP contribution in [0, 0.1) is 0 Å². The fraction of sp³-hybridized carbons (Fsp3) is 0.643. The van der Waals surface area contributed by atoms with Crippen molar-refractivity contribution in [3.63, 3.8) is 0 Å². The zero-order valence-electron chi connectivity index (χ0n) is 22.3. The first-order valence-electron chi connectivity index (χ1n) is 12.5. The van der Waals surface area contributed by atoms with Gasteiger partial charge in [0.05, 0.1) is 18.8 Å². The third kappa shape index (κ3) is 12.4. The molecule has 34 heavy (non-hydrogen) atoms. The van der Waals surface area contributed by atoms with Gasteiger partial charge in [0.25, 0.3) is 0 Å². The lowest BCUT2D eigenvalue weighted by Crippen LogP contribution is -2.47. The Morgan fingerprint density at radius 3 is 2.38 bits per heavy atom. The Morgan fingerprint density at radius 1 is 1.06 bits per heavy atom. The molecule has 3 atom stereocenters. The lowest BCUT2D eigenvalue weighted by atomic mass is 10.1. The molecule has 1 N–H and O–H groups in total. The molecule has 0 bridgehead atoms.